The van der Waals surface area contributed by atoms with Crippen LogP contribution in [0.2, 0.25) is 0 Å². The van der Waals surface area contributed by atoms with Crippen LogP contribution >= 0.6 is 0 Å². The van der Waals surface area contributed by atoms with E-state index in [9.17, 15) is 19.2 Å². The fourth-order valence-electron chi connectivity index (χ4n) is 5.67. The van der Waals surface area contributed by atoms with Crippen LogP contribution in [0.15, 0.2) is 36.4 Å². The molecule has 156 valence electrons. The SMILES string of the molecule is O=C1c2cc3c(cc2C(=O)N1CN1C(=O)C2Cc4ccccc4CC2C1=O)CCCC3. The van der Waals surface area contributed by atoms with Crippen molar-refractivity contribution in [2.45, 2.75) is 38.5 Å². The number of fused-ring (bicyclic) bond motifs is 4. The monoisotopic (exact) mass is 414 g/mol. The number of nitrogens with zero attached hydrogens (tertiary/aromatic N) is 2. The summed E-state index contributed by atoms with van der Waals surface area (Å²) >= 11 is 0. The normalized spacial score (nSPS) is 24.3. The van der Waals surface area contributed by atoms with Crippen LogP contribution in [-0.4, -0.2) is 40.1 Å². The van der Waals surface area contributed by atoms with Crippen LogP contribution in [0.4, 0.5) is 0 Å². The number of imide groups is 2. The minimum absolute atomic E-state index is 0.277. The Morgan fingerprint density at radius 2 is 1.16 bits per heavy atom. The first-order chi connectivity index (χ1) is 15.0. The Morgan fingerprint density at radius 3 is 1.65 bits per heavy atom. The first-order valence-electron chi connectivity index (χ1n) is 11.0. The molecule has 2 aliphatic carbocycles. The van der Waals surface area contributed by atoms with E-state index in [0.717, 1.165) is 57.7 Å². The molecule has 0 spiro atoms. The van der Waals surface area contributed by atoms with Crippen molar-refractivity contribution in [3.05, 3.63) is 69.8 Å². The summed E-state index contributed by atoms with van der Waals surface area (Å²) < 4.78 is 0. The van der Waals surface area contributed by atoms with Crippen molar-refractivity contribution in [2.24, 2.45) is 11.8 Å². The third kappa shape index (κ3) is 2.63. The van der Waals surface area contributed by atoms with E-state index in [1.165, 1.54) is 0 Å². The molecule has 2 aliphatic heterocycles. The molecule has 0 bridgehead atoms. The molecule has 2 aromatic carbocycles. The number of rotatable bonds is 2. The number of amides is 4. The summed E-state index contributed by atoms with van der Waals surface area (Å²) in [5.41, 5.74) is 5.25. The number of hydrogen-bond donors (Lipinski definition) is 0. The number of benzene rings is 2. The first-order valence-corrected chi connectivity index (χ1v) is 11.0. The lowest BCUT2D eigenvalue weighted by molar-refractivity contribution is -0.141. The molecule has 1 saturated heterocycles. The van der Waals surface area contributed by atoms with Crippen LogP contribution in [-0.2, 0) is 35.3 Å². The zero-order valence-electron chi connectivity index (χ0n) is 17.1. The van der Waals surface area contributed by atoms with Gasteiger partial charge >= 0.3 is 0 Å². The molecule has 2 heterocycles. The topological polar surface area (TPSA) is 74.8 Å². The predicted octanol–water partition coefficient (Wildman–Crippen LogP) is 2.52. The Bertz CT molecular complexity index is 1100. The van der Waals surface area contributed by atoms with Crippen LogP contribution in [0.5, 0.6) is 0 Å². The summed E-state index contributed by atoms with van der Waals surface area (Å²) in [5, 5.41) is 0. The van der Waals surface area contributed by atoms with Gasteiger partial charge in [-0.3, -0.25) is 29.0 Å². The minimum Gasteiger partial charge on any atom is -0.274 e. The number of carbonyl (C=O) groups excluding carboxylic acids is 4. The second kappa shape index (κ2) is 6.61. The quantitative estimate of drug-likeness (QED) is 0.708. The highest BCUT2D eigenvalue weighted by Crippen LogP contribution is 2.38. The van der Waals surface area contributed by atoms with Crippen LogP contribution in [0.1, 0.15) is 55.8 Å². The van der Waals surface area contributed by atoms with Crippen LogP contribution in [0.25, 0.3) is 0 Å². The van der Waals surface area contributed by atoms with E-state index in [2.05, 4.69) is 0 Å². The van der Waals surface area contributed by atoms with Crippen molar-refractivity contribution in [3.63, 3.8) is 0 Å². The van der Waals surface area contributed by atoms with Gasteiger partial charge in [-0.05, 0) is 72.9 Å². The molecule has 4 amide bonds. The Balaban J connectivity index is 1.28. The van der Waals surface area contributed by atoms with Gasteiger partial charge in [0.15, 0.2) is 0 Å². The third-order valence-corrected chi connectivity index (χ3v) is 7.37. The molecule has 6 nitrogen and oxygen atoms in total. The molecule has 31 heavy (non-hydrogen) atoms. The number of aryl methyl sites for hydroxylation is 2. The molecule has 0 N–H and O–H groups in total. The zero-order valence-corrected chi connectivity index (χ0v) is 17.1. The Kier molecular flexibility index (Phi) is 3.94. The van der Waals surface area contributed by atoms with Gasteiger partial charge in [-0.25, -0.2) is 0 Å². The van der Waals surface area contributed by atoms with E-state index < -0.39 is 23.7 Å². The smallest absolute Gasteiger partial charge is 0.263 e. The minimum atomic E-state index is -0.412. The lowest BCUT2D eigenvalue weighted by atomic mass is 9.77. The maximum Gasteiger partial charge on any atom is 0.263 e. The summed E-state index contributed by atoms with van der Waals surface area (Å²) in [6.45, 7) is -0.294. The Hall–Kier alpha value is -3.28. The van der Waals surface area contributed by atoms with Crippen molar-refractivity contribution < 1.29 is 19.2 Å². The number of hydrogen-bond acceptors (Lipinski definition) is 4. The molecule has 4 aliphatic rings. The zero-order chi connectivity index (χ0) is 21.3. The van der Waals surface area contributed by atoms with Crippen LogP contribution in [0.3, 0.4) is 0 Å². The van der Waals surface area contributed by atoms with Crippen molar-refractivity contribution in [1.29, 1.82) is 0 Å². The van der Waals surface area contributed by atoms with E-state index in [1.807, 2.05) is 36.4 Å². The standard InChI is InChI=1S/C25H22N2O4/c28-22-18-9-14-5-1-2-6-15(14)10-19(18)23(29)26(22)13-27-24(30)20-11-16-7-3-4-8-17(16)12-21(20)25(27)31/h1-2,5-6,11-12,18-19H,3-4,7-10,13H2. The maximum absolute atomic E-state index is 13.1. The highest BCUT2D eigenvalue weighted by Gasteiger charge is 2.51. The fraction of sp³-hybridized carbons (Fsp3) is 0.360. The number of likely N-dealkylation sites (tertiary alicyclic amines) is 1. The average molecular weight is 414 g/mol. The van der Waals surface area contributed by atoms with Gasteiger partial charge in [0.2, 0.25) is 11.8 Å². The molecule has 0 radical (unpaired) electrons. The van der Waals surface area contributed by atoms with Crippen molar-refractivity contribution >= 4 is 23.6 Å². The molecule has 2 atom stereocenters. The van der Waals surface area contributed by atoms with Gasteiger partial charge in [0.25, 0.3) is 11.8 Å². The molecule has 1 fully saturated rings. The summed E-state index contributed by atoms with van der Waals surface area (Å²) in [4.78, 5) is 54.5. The van der Waals surface area contributed by atoms with Gasteiger partial charge in [0, 0.05) is 0 Å². The second-order valence-electron chi connectivity index (χ2n) is 9.05. The molecule has 2 aromatic rings. The van der Waals surface area contributed by atoms with Crippen molar-refractivity contribution in [1.82, 2.24) is 9.80 Å². The molecule has 2 unspecified atom stereocenters. The summed E-state index contributed by atoms with van der Waals surface area (Å²) in [6.07, 6.45) is 5.04. The van der Waals surface area contributed by atoms with Gasteiger partial charge in [-0.1, -0.05) is 24.3 Å². The molecule has 6 heteroatoms. The van der Waals surface area contributed by atoms with Crippen LogP contribution < -0.4 is 0 Å². The van der Waals surface area contributed by atoms with Crippen molar-refractivity contribution in [2.75, 3.05) is 6.67 Å². The Labute approximate surface area is 179 Å². The summed E-state index contributed by atoms with van der Waals surface area (Å²) in [5.74, 6) is -2.20. The predicted molar refractivity (Wildman–Crippen MR) is 111 cm³/mol. The van der Waals surface area contributed by atoms with Gasteiger partial charge in [-0.15, -0.1) is 0 Å². The van der Waals surface area contributed by atoms with E-state index in [-0.39, 0.29) is 18.5 Å². The van der Waals surface area contributed by atoms with Crippen molar-refractivity contribution in [3.8, 4) is 0 Å². The molecule has 6 rings (SSSR count). The Morgan fingerprint density at radius 1 is 0.677 bits per heavy atom. The van der Waals surface area contributed by atoms with Crippen LogP contribution in [0, 0.1) is 11.8 Å². The second-order valence-corrected chi connectivity index (χ2v) is 9.05. The lowest BCUT2D eigenvalue weighted by Crippen LogP contribution is -2.44. The lowest BCUT2D eigenvalue weighted by Gasteiger charge is -2.23. The van der Waals surface area contributed by atoms with E-state index >= 15 is 0 Å². The fourth-order valence-corrected chi connectivity index (χ4v) is 5.67. The van der Waals surface area contributed by atoms with E-state index in [0.29, 0.717) is 24.0 Å². The van der Waals surface area contributed by atoms with Gasteiger partial charge in [0.1, 0.15) is 6.67 Å². The molecule has 0 saturated carbocycles. The highest BCUT2D eigenvalue weighted by atomic mass is 16.2. The van der Waals surface area contributed by atoms with E-state index in [1.54, 1.807) is 0 Å². The van der Waals surface area contributed by atoms with Gasteiger partial charge in [0.05, 0.1) is 23.0 Å². The molecular weight excluding hydrogens is 392 g/mol. The highest BCUT2D eigenvalue weighted by molar-refractivity contribution is 6.22. The molecular formula is C25H22N2O4. The average Bonchev–Trinajstić information content (AvgIpc) is 3.16. The molecule has 0 aromatic heterocycles. The van der Waals surface area contributed by atoms with Gasteiger partial charge in [-0.2, -0.15) is 0 Å². The largest absolute Gasteiger partial charge is 0.274 e. The summed E-state index contributed by atoms with van der Waals surface area (Å²) in [7, 11) is 0. The van der Waals surface area contributed by atoms with Gasteiger partial charge < -0.3 is 0 Å². The first kappa shape index (κ1) is 18.5. The summed E-state index contributed by atoms with van der Waals surface area (Å²) in [6, 6.07) is 11.6. The maximum atomic E-state index is 13.1. The number of carbonyl (C=O) groups is 4. The van der Waals surface area contributed by atoms with E-state index in [4.69, 9.17) is 0 Å². The third-order valence-electron chi connectivity index (χ3n) is 7.37.